The van der Waals surface area contributed by atoms with E-state index in [2.05, 4.69) is 0 Å². The summed E-state index contributed by atoms with van der Waals surface area (Å²) in [4.78, 5) is 2.37. The first-order chi connectivity index (χ1) is 58.0. The minimum atomic E-state index is -2.09. The third-order valence-corrected chi connectivity index (χ3v) is 16.6. The van der Waals surface area contributed by atoms with Crippen molar-refractivity contribution in [1.29, 1.82) is 0 Å². The van der Waals surface area contributed by atoms with Crippen molar-refractivity contribution in [2.45, 2.75) is 26.2 Å². The molecule has 19 rings (SSSR count). The van der Waals surface area contributed by atoms with Crippen molar-refractivity contribution in [3.63, 3.8) is 0 Å². The summed E-state index contributed by atoms with van der Waals surface area (Å²) in [6.07, 6.45) is 0. The Morgan fingerprint density at radius 3 is 1.11 bits per heavy atom. The summed E-state index contributed by atoms with van der Waals surface area (Å²) in [6, 6.07) is -10.6. The quantitative estimate of drug-likeness (QED) is 0.156. The third-order valence-electron chi connectivity index (χ3n) is 16.6. The van der Waals surface area contributed by atoms with E-state index in [1.165, 1.54) is 46.2 Å². The Morgan fingerprint density at radius 2 is 0.719 bits per heavy atom. The summed E-state index contributed by atoms with van der Waals surface area (Å²) in [6.45, 7) is 3.12. The molecule has 2 aliphatic rings. The second-order valence-electron chi connectivity index (χ2n) is 22.5. The fourth-order valence-electron chi connectivity index (χ4n) is 12.6. The average molecular weight is 1170 g/mol. The number of rotatable bonds is 6. The van der Waals surface area contributed by atoms with E-state index in [4.69, 9.17) is 19.8 Å². The maximum Gasteiger partial charge on any atom is 0.252 e. The number of hydrogen-bond acceptors (Lipinski definition) is 4. The van der Waals surface area contributed by atoms with Crippen molar-refractivity contribution in [2.24, 2.45) is 0 Å². The van der Waals surface area contributed by atoms with Gasteiger partial charge in [0.15, 0.2) is 11.2 Å². The van der Waals surface area contributed by atoms with Gasteiger partial charge in [0.05, 0.1) is 80.0 Å². The van der Waals surface area contributed by atoms with Crippen LogP contribution in [-0.4, -0.2) is 15.8 Å². The predicted octanol–water partition coefficient (Wildman–Crippen LogP) is 20.4. The molecule has 0 radical (unpaired) electrons. The van der Waals surface area contributed by atoms with Gasteiger partial charge in [-0.1, -0.05) is 202 Å². The van der Waals surface area contributed by atoms with Gasteiger partial charge in [-0.15, -0.1) is 0 Å². The van der Waals surface area contributed by atoms with Crippen LogP contribution in [0.25, 0.3) is 121 Å². The molecule has 89 heavy (non-hydrogen) atoms. The van der Waals surface area contributed by atoms with Gasteiger partial charge < -0.3 is 27.8 Å². The van der Waals surface area contributed by atoms with Crippen LogP contribution in [0.5, 0.6) is 0 Å². The van der Waals surface area contributed by atoms with Crippen molar-refractivity contribution < 1.29 is 55.4 Å². The molecular weight excluding hydrogens is 1080 g/mol. The fraction of sp³-hybridized carbons (Fsp3) is 0.0488. The molecule has 0 aliphatic carbocycles. The highest BCUT2D eigenvalue weighted by Crippen LogP contribution is 2.53. The molecular formula is C82H55BN4O2. The van der Waals surface area contributed by atoms with Crippen LogP contribution in [0.4, 0.5) is 34.1 Å². The van der Waals surface area contributed by atoms with Gasteiger partial charge >= 0.3 is 0 Å². The normalized spacial score (nSPS) is 18.4. The van der Waals surface area contributed by atoms with Gasteiger partial charge in [-0.3, -0.25) is 0 Å². The molecule has 418 valence electrons. The van der Waals surface area contributed by atoms with Crippen LogP contribution >= 0.6 is 0 Å². The van der Waals surface area contributed by atoms with Gasteiger partial charge in [0.2, 0.25) is 0 Å². The number of hydrogen-bond donors (Lipinski definition) is 0. The van der Waals surface area contributed by atoms with Crippen LogP contribution in [0.1, 0.15) is 72.9 Å². The average Bonchev–Trinajstić information content (AvgIpc) is 1.59. The lowest BCUT2D eigenvalue weighted by atomic mass is 9.33. The van der Waals surface area contributed by atoms with E-state index in [-0.39, 0.29) is 55.4 Å². The maximum atomic E-state index is 11.5. The molecule has 0 saturated carbocycles. The van der Waals surface area contributed by atoms with E-state index in [1.807, 2.05) is 0 Å². The molecule has 0 N–H and O–H groups in total. The van der Waals surface area contributed by atoms with Crippen LogP contribution in [0.2, 0.25) is 0 Å². The van der Waals surface area contributed by atoms with E-state index in [9.17, 15) is 35.6 Å². The molecule has 0 atom stereocenters. The molecule has 7 heteroatoms. The largest absolute Gasteiger partial charge is 0.454 e. The van der Waals surface area contributed by atoms with E-state index in [0.29, 0.717) is 0 Å². The Morgan fingerprint density at radius 1 is 0.348 bits per heavy atom. The number of para-hydroxylation sites is 6. The van der Waals surface area contributed by atoms with Gasteiger partial charge in [-0.25, -0.2) is 0 Å². The lowest BCUT2D eigenvalue weighted by Crippen LogP contribution is -2.61. The van der Waals surface area contributed by atoms with Crippen molar-refractivity contribution in [2.75, 3.05) is 9.80 Å². The molecule has 4 aromatic heterocycles. The van der Waals surface area contributed by atoms with Crippen molar-refractivity contribution in [3.05, 3.63) is 284 Å². The lowest BCUT2D eigenvalue weighted by molar-refractivity contribution is 0.590. The smallest absolute Gasteiger partial charge is 0.252 e. The summed E-state index contributed by atoms with van der Waals surface area (Å²) in [5.74, 6) is 0. The highest BCUT2D eigenvalue weighted by molar-refractivity contribution is 7.00. The Hall–Kier alpha value is -11.3. The highest BCUT2D eigenvalue weighted by Gasteiger charge is 2.46. The Kier molecular flexibility index (Phi) is 5.69. The molecule has 0 saturated heterocycles. The van der Waals surface area contributed by atoms with E-state index >= 15 is 0 Å². The zero-order chi connectivity index (χ0) is 88.4. The second-order valence-corrected chi connectivity index (χ2v) is 22.5. The number of nitrogens with zero attached hydrogens (tertiary/aromatic N) is 4. The number of furan rings is 2. The second kappa shape index (κ2) is 18.6. The number of fused-ring (bicyclic) bond motifs is 16. The Bertz CT molecular complexity index is 7330. The molecule has 0 fully saturated rings. The molecule has 2 aliphatic heterocycles. The van der Waals surface area contributed by atoms with Gasteiger partial charge in [0.1, 0.15) is 11.2 Å². The molecule has 17 aromatic rings. The molecule has 0 spiro atoms. The Balaban J connectivity index is 1.11. The number of benzene rings is 13. The molecule has 0 amide bonds. The monoisotopic (exact) mass is 1170 g/mol. The van der Waals surface area contributed by atoms with Gasteiger partial charge in [-0.05, 0) is 146 Å². The predicted molar refractivity (Wildman–Crippen MR) is 373 cm³/mol. The standard InChI is InChI=1S/C82H55BN4O2/c1-82(2,3)54-46-73-79-74(47-54)87(76-45-53(51-24-8-5-9-25-51)43-64-62-31-15-21-37-78(62)89-81(64)76)72-49-56(85-69-34-18-12-28-59(69)60-29-13-19-35-70(60)85)39-41-66(72)83(79)65-40-38-55(84-67-32-16-10-26-57(67)58-27-11-17-33-68(58)84)48-71(65)86(73)75-44-52(50-22-6-4-7-23-50)42-63-61-30-14-20-36-77(61)88-80(63)75/h4-49H,1-3H3/i10D,11D,12D,13D,14D,15D,16D,17D,18D,19D,20D,21D,26D,27D,28D,29D,30D,31D,32D,33D,34D,35D,36D,37D,38D,39D,40D,41D,42D,43D,44D,45D,48D,49D. The van der Waals surface area contributed by atoms with Crippen molar-refractivity contribution in [3.8, 4) is 33.6 Å². The van der Waals surface area contributed by atoms with Crippen molar-refractivity contribution in [1.82, 2.24) is 9.13 Å². The van der Waals surface area contributed by atoms with Crippen molar-refractivity contribution >= 4 is 145 Å². The molecule has 13 aromatic carbocycles. The first-order valence-electron chi connectivity index (χ1n) is 45.1. The van der Waals surface area contributed by atoms with Crippen LogP contribution in [0.3, 0.4) is 0 Å². The Labute approximate surface area is 561 Å². The summed E-state index contributed by atoms with van der Waals surface area (Å²) in [7, 11) is 0. The minimum Gasteiger partial charge on any atom is -0.454 e. The van der Waals surface area contributed by atoms with Crippen LogP contribution in [-0.2, 0) is 5.41 Å². The van der Waals surface area contributed by atoms with Gasteiger partial charge in [-0.2, -0.15) is 0 Å². The SMILES string of the molecule is [2H]c1c([2H])c(-n2c3c([2H])c([2H])c([2H])c([2H])c3c3c([2H])c([2H])c([2H])c([2H])c32)c([2H])c2c1B1c3c(cc(C(C)(C)C)cc3N(c3c([2H])c(-c4ccccc4)c([2H])c4c3oc3c([2H])c([2H])c([2H])c([2H])c34)c3c([2H])c(-n4c5c([2H])c([2H])c([2H])c([2H])c5c5c([2H])c([2H])c([2H])c([2H])c54)c([2H])c([2H])c31)N2c1c([2H])c(-c2ccccc2)c([2H])c2c1oc1c([2H])c([2H])c([2H])c([2H])c12. The topological polar surface area (TPSA) is 42.6 Å². The van der Waals surface area contributed by atoms with Gasteiger partial charge in [0.25, 0.3) is 6.71 Å². The number of anilines is 6. The van der Waals surface area contributed by atoms with Crippen LogP contribution in [0, 0.1) is 0 Å². The number of aromatic nitrogens is 2. The van der Waals surface area contributed by atoms with E-state index in [0.717, 1.165) is 9.13 Å². The maximum absolute atomic E-state index is 11.5. The van der Waals surface area contributed by atoms with Gasteiger partial charge in [0, 0.05) is 77.2 Å². The summed E-state index contributed by atoms with van der Waals surface area (Å²) in [5, 5.41) is -3.73. The molecule has 6 heterocycles. The highest BCUT2D eigenvalue weighted by atomic mass is 16.3. The van der Waals surface area contributed by atoms with Crippen LogP contribution in [0.15, 0.2) is 287 Å². The van der Waals surface area contributed by atoms with Crippen LogP contribution < -0.4 is 26.2 Å². The summed E-state index contributed by atoms with van der Waals surface area (Å²) in [5.41, 5.74) is -12.6. The van der Waals surface area contributed by atoms with E-state index in [1.54, 1.807) is 57.2 Å². The van der Waals surface area contributed by atoms with E-state index < -0.39 is 339 Å². The summed E-state index contributed by atoms with van der Waals surface area (Å²) >= 11 is 0. The molecule has 6 nitrogen and oxygen atoms in total. The lowest BCUT2D eigenvalue weighted by Gasteiger charge is -2.45. The molecule has 0 unspecified atom stereocenters. The third kappa shape index (κ3) is 7.27. The first kappa shape index (κ1) is 27.2. The zero-order valence-corrected chi connectivity index (χ0v) is 46.6. The summed E-state index contributed by atoms with van der Waals surface area (Å²) < 4.78 is 349. The first-order valence-corrected chi connectivity index (χ1v) is 28.1. The minimum absolute atomic E-state index is 0.121. The molecule has 0 bridgehead atoms. The fourth-order valence-corrected chi connectivity index (χ4v) is 12.6. The zero-order valence-electron chi connectivity index (χ0n) is 80.6.